The third-order valence-electron chi connectivity index (χ3n) is 12.1. The maximum Gasteiger partial charge on any atom is 0.0467 e. The summed E-state index contributed by atoms with van der Waals surface area (Å²) in [4.78, 5) is 2.38. The average Bonchev–Trinajstić information content (AvgIpc) is 3.73. The summed E-state index contributed by atoms with van der Waals surface area (Å²) in [6.45, 7) is 11.6. The Morgan fingerprint density at radius 1 is 0.421 bits per heavy atom. The molecule has 1 aromatic heterocycles. The number of hydrogen-bond donors (Lipinski definition) is 0. The monoisotopic (exact) mass is 751 g/mol. The van der Waals surface area contributed by atoms with Gasteiger partial charge in [-0.2, -0.15) is 0 Å². The molecule has 0 spiro atoms. The Morgan fingerprint density at radius 2 is 1.04 bits per heavy atom. The van der Waals surface area contributed by atoms with Crippen molar-refractivity contribution in [2.24, 2.45) is 0 Å². The first-order chi connectivity index (χ1) is 27.6. The third kappa shape index (κ3) is 6.07. The quantitative estimate of drug-likeness (QED) is 0.164. The van der Waals surface area contributed by atoms with Crippen LogP contribution in [-0.4, -0.2) is 0 Å². The van der Waals surface area contributed by atoms with Gasteiger partial charge in [0, 0.05) is 42.6 Å². The molecule has 8 aromatic carbocycles. The highest BCUT2D eigenvalue weighted by Gasteiger charge is 2.36. The highest BCUT2D eigenvalue weighted by molar-refractivity contribution is 7.25. The summed E-state index contributed by atoms with van der Waals surface area (Å²) in [5, 5.41) is 2.66. The summed E-state index contributed by atoms with van der Waals surface area (Å²) < 4.78 is 2.65. The molecule has 9 aromatic rings. The molecule has 0 unspecified atom stereocenters. The fourth-order valence-corrected chi connectivity index (χ4v) is 10.0. The van der Waals surface area contributed by atoms with Crippen molar-refractivity contribution in [2.75, 3.05) is 4.90 Å². The second-order valence-corrected chi connectivity index (χ2v) is 18.1. The van der Waals surface area contributed by atoms with Gasteiger partial charge in [-0.05, 0) is 121 Å². The molecule has 1 aliphatic rings. The molecule has 2 heteroatoms. The van der Waals surface area contributed by atoms with Crippen LogP contribution in [0.4, 0.5) is 17.1 Å². The van der Waals surface area contributed by atoms with Crippen LogP contribution in [-0.2, 0) is 10.8 Å². The molecule has 1 nitrogen and oxygen atoms in total. The van der Waals surface area contributed by atoms with Crippen LogP contribution >= 0.6 is 11.3 Å². The molecule has 0 saturated heterocycles. The van der Waals surface area contributed by atoms with Gasteiger partial charge in [0.15, 0.2) is 0 Å². The van der Waals surface area contributed by atoms with Crippen molar-refractivity contribution in [1.29, 1.82) is 0 Å². The van der Waals surface area contributed by atoms with Crippen LogP contribution in [0.1, 0.15) is 51.3 Å². The van der Waals surface area contributed by atoms with Gasteiger partial charge >= 0.3 is 0 Å². The van der Waals surface area contributed by atoms with Crippen LogP contribution in [0.15, 0.2) is 182 Å². The molecular formula is C55H45NS. The number of rotatable bonds is 6. The van der Waals surface area contributed by atoms with Crippen LogP contribution in [0.5, 0.6) is 0 Å². The van der Waals surface area contributed by atoms with Crippen LogP contribution in [0.3, 0.4) is 0 Å². The Bertz CT molecular complexity index is 2940. The largest absolute Gasteiger partial charge is 0.310 e. The van der Waals surface area contributed by atoms with E-state index in [1.54, 1.807) is 0 Å². The zero-order valence-electron chi connectivity index (χ0n) is 33.2. The van der Waals surface area contributed by atoms with E-state index in [9.17, 15) is 0 Å². The van der Waals surface area contributed by atoms with Gasteiger partial charge in [0.1, 0.15) is 0 Å². The van der Waals surface area contributed by atoms with Gasteiger partial charge in [-0.1, -0.05) is 162 Å². The fraction of sp³-hybridized carbons (Fsp3) is 0.127. The van der Waals surface area contributed by atoms with E-state index in [2.05, 4.69) is 222 Å². The van der Waals surface area contributed by atoms with Gasteiger partial charge in [0.25, 0.3) is 0 Å². The third-order valence-corrected chi connectivity index (χ3v) is 13.2. The van der Waals surface area contributed by atoms with E-state index < -0.39 is 0 Å². The van der Waals surface area contributed by atoms with E-state index in [1.165, 1.54) is 81.4 Å². The maximum absolute atomic E-state index is 2.45. The minimum Gasteiger partial charge on any atom is -0.310 e. The minimum absolute atomic E-state index is 0.0390. The summed E-state index contributed by atoms with van der Waals surface area (Å²) in [6.07, 6.45) is 0. The smallest absolute Gasteiger partial charge is 0.0467 e. The zero-order valence-corrected chi connectivity index (χ0v) is 34.0. The fourth-order valence-electron chi connectivity index (χ4n) is 8.91. The lowest BCUT2D eigenvalue weighted by molar-refractivity contribution is 0.584. The molecule has 0 saturated carbocycles. The van der Waals surface area contributed by atoms with Crippen LogP contribution in [0, 0.1) is 0 Å². The van der Waals surface area contributed by atoms with E-state index in [4.69, 9.17) is 0 Å². The van der Waals surface area contributed by atoms with Crippen molar-refractivity contribution in [2.45, 2.75) is 45.4 Å². The van der Waals surface area contributed by atoms with E-state index in [0.29, 0.717) is 0 Å². The number of anilines is 3. The lowest BCUT2D eigenvalue weighted by Crippen LogP contribution is -2.17. The normalized spacial score (nSPS) is 13.1. The Kier molecular flexibility index (Phi) is 8.32. The number of benzene rings is 8. The molecule has 0 atom stereocenters. The Labute approximate surface area is 340 Å². The standard InChI is InChI=1S/C55H45NS/c1-54(2,3)41-26-31-46-48-34-40(25-32-49(48)55(4,5)50(46)35-41)37-21-27-42(28-22-37)56(44-16-11-15-39(33-44)36-13-7-6-8-14-36)43-29-23-38(24-30-43)45-18-12-20-52-53(45)47-17-9-10-19-51(47)57-52/h6-35H,1-5H3. The Hall–Kier alpha value is -6.22. The highest BCUT2D eigenvalue weighted by Crippen LogP contribution is 2.51. The van der Waals surface area contributed by atoms with Crippen LogP contribution < -0.4 is 4.90 Å². The number of fused-ring (bicyclic) bond motifs is 6. The van der Waals surface area contributed by atoms with Crippen LogP contribution in [0.25, 0.3) is 64.7 Å². The van der Waals surface area contributed by atoms with E-state index in [1.807, 2.05) is 11.3 Å². The maximum atomic E-state index is 2.45. The van der Waals surface area contributed by atoms with Crippen molar-refractivity contribution in [3.63, 3.8) is 0 Å². The van der Waals surface area contributed by atoms with Crippen molar-refractivity contribution in [3.05, 3.63) is 199 Å². The van der Waals surface area contributed by atoms with Crippen molar-refractivity contribution >= 4 is 48.6 Å². The first-order valence-electron chi connectivity index (χ1n) is 20.0. The molecular weight excluding hydrogens is 707 g/mol. The molecule has 1 aliphatic carbocycles. The predicted molar refractivity (Wildman–Crippen MR) is 247 cm³/mol. The molecule has 0 N–H and O–H groups in total. The summed E-state index contributed by atoms with van der Waals surface area (Å²) >= 11 is 1.87. The van der Waals surface area contributed by atoms with Gasteiger partial charge in [-0.15, -0.1) is 11.3 Å². The Morgan fingerprint density at radius 3 is 1.79 bits per heavy atom. The molecule has 0 fully saturated rings. The average molecular weight is 752 g/mol. The highest BCUT2D eigenvalue weighted by atomic mass is 32.1. The topological polar surface area (TPSA) is 3.24 Å². The lowest BCUT2D eigenvalue weighted by Gasteiger charge is -2.26. The molecule has 57 heavy (non-hydrogen) atoms. The van der Waals surface area contributed by atoms with Crippen molar-refractivity contribution in [1.82, 2.24) is 0 Å². The van der Waals surface area contributed by atoms with Gasteiger partial charge in [0.2, 0.25) is 0 Å². The summed E-state index contributed by atoms with van der Waals surface area (Å²) in [6, 6.07) is 67.4. The molecule has 0 amide bonds. The molecule has 0 aliphatic heterocycles. The molecule has 0 radical (unpaired) electrons. The molecule has 0 bridgehead atoms. The zero-order chi connectivity index (χ0) is 38.9. The molecule has 10 rings (SSSR count). The van der Waals surface area contributed by atoms with Crippen molar-refractivity contribution in [3.8, 4) is 44.5 Å². The lowest BCUT2D eigenvalue weighted by atomic mass is 9.79. The van der Waals surface area contributed by atoms with Gasteiger partial charge in [-0.25, -0.2) is 0 Å². The van der Waals surface area contributed by atoms with E-state index >= 15 is 0 Å². The summed E-state index contributed by atoms with van der Waals surface area (Å²) in [7, 11) is 0. The van der Waals surface area contributed by atoms with E-state index in [0.717, 1.165) is 17.1 Å². The van der Waals surface area contributed by atoms with Gasteiger partial charge in [0.05, 0.1) is 0 Å². The SMILES string of the molecule is CC(C)(C)c1ccc2c(c1)C(C)(C)c1ccc(-c3ccc(N(c4ccc(-c5cccc6sc7ccccc7c56)cc4)c4cccc(-c5ccccc5)c4)cc3)cc1-2. The number of thiophene rings is 1. The first-order valence-corrected chi connectivity index (χ1v) is 20.8. The van der Waals surface area contributed by atoms with Gasteiger partial charge in [-0.3, -0.25) is 0 Å². The first kappa shape index (κ1) is 35.2. The molecule has 1 heterocycles. The Balaban J connectivity index is 1.04. The number of nitrogens with zero attached hydrogens (tertiary/aromatic N) is 1. The van der Waals surface area contributed by atoms with E-state index in [-0.39, 0.29) is 10.8 Å². The minimum atomic E-state index is -0.0390. The predicted octanol–water partition coefficient (Wildman–Crippen LogP) is 16.1. The summed E-state index contributed by atoms with van der Waals surface area (Å²) in [5.74, 6) is 0. The van der Waals surface area contributed by atoms with Gasteiger partial charge < -0.3 is 4.90 Å². The van der Waals surface area contributed by atoms with Crippen molar-refractivity contribution < 1.29 is 0 Å². The number of hydrogen-bond acceptors (Lipinski definition) is 2. The second-order valence-electron chi connectivity index (χ2n) is 17.0. The second kappa shape index (κ2) is 13.5. The molecule has 276 valence electrons. The van der Waals surface area contributed by atoms with Crippen LogP contribution in [0.2, 0.25) is 0 Å². The summed E-state index contributed by atoms with van der Waals surface area (Å²) in [5.41, 5.74) is 17.7.